The van der Waals surface area contributed by atoms with Crippen molar-refractivity contribution in [1.29, 1.82) is 0 Å². The van der Waals surface area contributed by atoms with Gasteiger partial charge < -0.3 is 9.30 Å². The number of halogens is 2. The Morgan fingerprint density at radius 1 is 1.29 bits per heavy atom. The van der Waals surface area contributed by atoms with Gasteiger partial charge in [-0.15, -0.1) is 11.3 Å². The van der Waals surface area contributed by atoms with Crippen LogP contribution in [0, 0.1) is 0 Å². The summed E-state index contributed by atoms with van der Waals surface area (Å²) in [5.74, 6) is 0. The lowest BCUT2D eigenvalue weighted by Crippen LogP contribution is -2.22. The van der Waals surface area contributed by atoms with Gasteiger partial charge in [-0.3, -0.25) is 4.79 Å². The van der Waals surface area contributed by atoms with Crippen LogP contribution in [-0.2, 0) is 11.5 Å². The number of carbonyl (C=O) groups excluding carboxylic acids is 1. The number of thiazole rings is 1. The van der Waals surface area contributed by atoms with Gasteiger partial charge >= 0.3 is 0 Å². The molecule has 0 aliphatic rings. The molecule has 0 bridgehead atoms. The molecule has 6 nitrogen and oxygen atoms in total. The van der Waals surface area contributed by atoms with Crippen LogP contribution in [0.15, 0.2) is 24.7 Å². The highest BCUT2D eigenvalue weighted by molar-refractivity contribution is 7.16. The summed E-state index contributed by atoms with van der Waals surface area (Å²) >= 11 is 1.17. The van der Waals surface area contributed by atoms with Gasteiger partial charge in [-0.25, -0.2) is 15.0 Å². The van der Waals surface area contributed by atoms with Gasteiger partial charge in [-0.05, 0) is 6.04 Å². The maximum Gasteiger partial charge on any atom is 0.271 e. The fraction of sp³-hybridized carbons (Fsp3) is 0.333. The van der Waals surface area contributed by atoms with Gasteiger partial charge in [-0.2, -0.15) is 8.78 Å². The zero-order valence-electron chi connectivity index (χ0n) is 15.8. The van der Waals surface area contributed by atoms with Crippen molar-refractivity contribution < 1.29 is 18.3 Å². The van der Waals surface area contributed by atoms with Crippen LogP contribution < -0.4 is 0 Å². The molecule has 3 rings (SSSR count). The molecule has 0 radical (unpaired) electrons. The Kier molecular flexibility index (Phi) is 6.11. The molecule has 3 aromatic rings. The van der Waals surface area contributed by atoms with E-state index in [4.69, 9.17) is 4.74 Å². The molecule has 0 fully saturated rings. The SMILES string of the molecule is C[Si](C)(C)CCOCn1cc(C=C(F)F)c2nc(-c3cnc(C=O)s3)cnc21. The Balaban J connectivity index is 1.92. The summed E-state index contributed by atoms with van der Waals surface area (Å²) in [6.07, 6.45) is 4.23. The standard InChI is InChI=1S/C18H20F2N4O2SSi/c1-28(2,3)5-4-26-11-24-9-12(6-15(19)20)17-18(24)22-7-13(23-17)14-8-21-16(10-25)27-14/h6-10H,4-5,11H2,1-3H3. The summed E-state index contributed by atoms with van der Waals surface area (Å²) in [6.45, 7) is 7.61. The number of fused-ring (bicyclic) bond motifs is 1. The molecule has 0 saturated heterocycles. The molecule has 28 heavy (non-hydrogen) atoms. The third kappa shape index (κ3) is 4.94. The van der Waals surface area contributed by atoms with Crippen molar-refractivity contribution in [1.82, 2.24) is 19.5 Å². The molecular formula is C18H20F2N4O2SSi. The summed E-state index contributed by atoms with van der Waals surface area (Å²) in [4.78, 5) is 24.3. The van der Waals surface area contributed by atoms with E-state index < -0.39 is 14.2 Å². The smallest absolute Gasteiger partial charge is 0.271 e. The van der Waals surface area contributed by atoms with Gasteiger partial charge in [0, 0.05) is 38.7 Å². The van der Waals surface area contributed by atoms with Crippen LogP contribution in [0.4, 0.5) is 8.78 Å². The first-order valence-corrected chi connectivity index (χ1v) is 13.2. The highest BCUT2D eigenvalue weighted by Crippen LogP contribution is 2.27. The first kappa shape index (κ1) is 20.4. The highest BCUT2D eigenvalue weighted by atomic mass is 32.1. The van der Waals surface area contributed by atoms with Crippen molar-refractivity contribution in [2.75, 3.05) is 6.61 Å². The minimum Gasteiger partial charge on any atom is -0.361 e. The fourth-order valence-corrected chi connectivity index (χ4v) is 3.96. The van der Waals surface area contributed by atoms with Gasteiger partial charge in [0.05, 0.1) is 11.1 Å². The van der Waals surface area contributed by atoms with E-state index in [1.165, 1.54) is 17.5 Å². The predicted molar refractivity (Wildman–Crippen MR) is 108 cm³/mol. The van der Waals surface area contributed by atoms with Crippen LogP contribution in [0.2, 0.25) is 25.7 Å². The van der Waals surface area contributed by atoms with E-state index in [1.54, 1.807) is 17.0 Å². The lowest BCUT2D eigenvalue weighted by molar-refractivity contribution is 0.0898. The molecule has 0 saturated carbocycles. The van der Waals surface area contributed by atoms with E-state index in [0.717, 1.165) is 12.1 Å². The number of hydrogen-bond acceptors (Lipinski definition) is 6. The van der Waals surface area contributed by atoms with E-state index in [9.17, 15) is 13.6 Å². The highest BCUT2D eigenvalue weighted by Gasteiger charge is 2.15. The lowest BCUT2D eigenvalue weighted by atomic mass is 10.3. The normalized spacial score (nSPS) is 11.8. The maximum absolute atomic E-state index is 12.9. The zero-order valence-corrected chi connectivity index (χ0v) is 17.6. The van der Waals surface area contributed by atoms with Crippen LogP contribution >= 0.6 is 11.3 Å². The van der Waals surface area contributed by atoms with Crippen molar-refractivity contribution >= 4 is 42.9 Å². The molecule has 0 aliphatic heterocycles. The zero-order chi connectivity index (χ0) is 20.3. The van der Waals surface area contributed by atoms with Crippen molar-refractivity contribution in [2.24, 2.45) is 0 Å². The number of nitrogens with zero attached hydrogens (tertiary/aromatic N) is 4. The Labute approximate surface area is 165 Å². The molecule has 0 spiro atoms. The summed E-state index contributed by atoms with van der Waals surface area (Å²) in [6, 6.07) is 1.01. The number of hydrogen-bond donors (Lipinski definition) is 0. The number of carbonyl (C=O) groups is 1. The molecular weight excluding hydrogens is 402 g/mol. The monoisotopic (exact) mass is 422 g/mol. The molecule has 0 aliphatic carbocycles. The minimum absolute atomic E-state index is 0.215. The number of aromatic nitrogens is 4. The Bertz CT molecular complexity index is 1020. The van der Waals surface area contributed by atoms with E-state index in [0.29, 0.717) is 39.6 Å². The second kappa shape index (κ2) is 8.37. The Hall–Kier alpha value is -2.30. The summed E-state index contributed by atoms with van der Waals surface area (Å²) < 4.78 is 33.2. The fourth-order valence-electron chi connectivity index (χ4n) is 2.52. The van der Waals surface area contributed by atoms with Crippen LogP contribution in [0.3, 0.4) is 0 Å². The number of rotatable bonds is 8. The average molecular weight is 423 g/mol. The Morgan fingerprint density at radius 3 is 2.71 bits per heavy atom. The number of aldehydes is 1. The van der Waals surface area contributed by atoms with E-state index >= 15 is 0 Å². The summed E-state index contributed by atoms with van der Waals surface area (Å²) in [5.41, 5.74) is 1.55. The van der Waals surface area contributed by atoms with Crippen LogP contribution in [0.5, 0.6) is 0 Å². The summed E-state index contributed by atoms with van der Waals surface area (Å²) in [5, 5.41) is 0.320. The van der Waals surface area contributed by atoms with Crippen LogP contribution in [0.1, 0.15) is 15.4 Å². The third-order valence-electron chi connectivity index (χ3n) is 3.96. The van der Waals surface area contributed by atoms with Crippen molar-refractivity contribution in [3.8, 4) is 10.6 Å². The van der Waals surface area contributed by atoms with Gasteiger partial charge in [0.25, 0.3) is 6.08 Å². The van der Waals surface area contributed by atoms with E-state index in [2.05, 4.69) is 34.6 Å². The minimum atomic E-state index is -1.81. The Morgan fingerprint density at radius 2 is 2.07 bits per heavy atom. The van der Waals surface area contributed by atoms with Gasteiger partial charge in [0.1, 0.15) is 17.9 Å². The molecule has 10 heteroatoms. The molecule has 3 heterocycles. The molecule has 148 valence electrons. The average Bonchev–Trinajstić information content (AvgIpc) is 3.22. The van der Waals surface area contributed by atoms with Gasteiger partial charge in [0.2, 0.25) is 0 Å². The van der Waals surface area contributed by atoms with Crippen molar-refractivity contribution in [2.45, 2.75) is 32.4 Å². The van der Waals surface area contributed by atoms with Gasteiger partial charge in [0.15, 0.2) is 16.9 Å². The number of ether oxygens (including phenoxy) is 1. The third-order valence-corrected chi connectivity index (χ3v) is 6.61. The predicted octanol–water partition coefficient (Wildman–Crippen LogP) is 4.92. The lowest BCUT2D eigenvalue weighted by Gasteiger charge is -2.15. The first-order valence-electron chi connectivity index (χ1n) is 8.64. The topological polar surface area (TPSA) is 69.9 Å². The van der Waals surface area contributed by atoms with Crippen molar-refractivity contribution in [3.05, 3.63) is 35.2 Å². The summed E-state index contributed by atoms with van der Waals surface area (Å²) in [7, 11) is -1.21. The molecule has 0 N–H and O–H groups in total. The second-order valence-corrected chi connectivity index (χ2v) is 14.1. The van der Waals surface area contributed by atoms with Crippen LogP contribution in [-0.4, -0.2) is 40.5 Å². The maximum atomic E-state index is 12.9. The van der Waals surface area contributed by atoms with Gasteiger partial charge in [-0.1, -0.05) is 19.6 Å². The van der Waals surface area contributed by atoms with E-state index in [1.807, 2.05) is 0 Å². The molecule has 3 aromatic heterocycles. The molecule has 0 aromatic carbocycles. The van der Waals surface area contributed by atoms with E-state index in [-0.39, 0.29) is 12.3 Å². The van der Waals surface area contributed by atoms with Crippen LogP contribution in [0.25, 0.3) is 27.8 Å². The quantitative estimate of drug-likeness (QED) is 0.293. The molecule has 0 unspecified atom stereocenters. The largest absolute Gasteiger partial charge is 0.361 e. The molecule has 0 atom stereocenters. The van der Waals surface area contributed by atoms with Crippen molar-refractivity contribution in [3.63, 3.8) is 0 Å². The first-order chi connectivity index (χ1) is 13.3. The molecule has 0 amide bonds. The second-order valence-electron chi connectivity index (χ2n) is 7.44.